The van der Waals surface area contributed by atoms with Crippen LogP contribution in [0.2, 0.25) is 0 Å². The van der Waals surface area contributed by atoms with Crippen molar-refractivity contribution in [3.63, 3.8) is 0 Å². The zero-order valence-electron chi connectivity index (χ0n) is 8.81. The van der Waals surface area contributed by atoms with Gasteiger partial charge in [-0.2, -0.15) is 0 Å². The molecule has 0 radical (unpaired) electrons. The summed E-state index contributed by atoms with van der Waals surface area (Å²) in [5.41, 5.74) is 2.32. The Kier molecular flexibility index (Phi) is 2.68. The highest BCUT2D eigenvalue weighted by atomic mass is 32.2. The number of fused-ring (bicyclic) bond motifs is 2. The Balaban J connectivity index is 2.34. The summed E-state index contributed by atoms with van der Waals surface area (Å²) in [5.74, 6) is -0.231. The molecule has 1 aromatic rings. The summed E-state index contributed by atoms with van der Waals surface area (Å²) in [7, 11) is 0. The van der Waals surface area contributed by atoms with Gasteiger partial charge in [-0.15, -0.1) is 0 Å². The van der Waals surface area contributed by atoms with Crippen LogP contribution >= 0.6 is 24.2 Å². The van der Waals surface area contributed by atoms with Gasteiger partial charge in [0, 0.05) is 51.1 Å². The van der Waals surface area contributed by atoms with Gasteiger partial charge in [0.15, 0.2) is 0 Å². The smallest absolute Gasteiger partial charge is 0.132 e. The highest BCUT2D eigenvalue weighted by molar-refractivity contribution is 7.98. The van der Waals surface area contributed by atoms with Crippen molar-refractivity contribution in [1.29, 1.82) is 0 Å². The number of allylic oxidation sites excluding steroid dienone is 4. The lowest BCUT2D eigenvalue weighted by atomic mass is 9.91. The first kappa shape index (κ1) is 10.9. The molecule has 0 atom stereocenters. The molecule has 0 saturated carbocycles. The maximum Gasteiger partial charge on any atom is 0.132 e. The maximum atomic E-state index is 14.0. The minimum Gasteiger partial charge on any atom is -0.219 e. The van der Waals surface area contributed by atoms with E-state index < -0.39 is 0 Å². The van der Waals surface area contributed by atoms with Crippen LogP contribution in [-0.2, 0) is 0 Å². The average Bonchev–Trinajstić information content (AvgIpc) is 2.50. The molecule has 3 rings (SSSR count). The topological polar surface area (TPSA) is 12.4 Å². The molecule has 0 unspecified atom stereocenters. The molecule has 2 aliphatic rings. The van der Waals surface area contributed by atoms with E-state index in [1.54, 1.807) is 12.3 Å². The van der Waals surface area contributed by atoms with Crippen molar-refractivity contribution in [1.82, 2.24) is 0 Å². The minimum atomic E-state index is -0.231. The summed E-state index contributed by atoms with van der Waals surface area (Å²) in [4.78, 5) is 1.60. The largest absolute Gasteiger partial charge is 0.219 e. The highest BCUT2D eigenvalue weighted by Gasteiger charge is 2.22. The minimum absolute atomic E-state index is 0.231. The van der Waals surface area contributed by atoms with E-state index in [9.17, 15) is 4.39 Å². The fraction of sp³-hybridized carbons (Fsp3) is 0.0769. The second-order valence-corrected chi connectivity index (χ2v) is 5.12. The van der Waals surface area contributed by atoms with Crippen LogP contribution in [0.1, 0.15) is 12.0 Å². The van der Waals surface area contributed by atoms with E-state index in [0.29, 0.717) is 12.0 Å². The van der Waals surface area contributed by atoms with E-state index in [1.165, 1.54) is 18.0 Å². The molecule has 1 aliphatic heterocycles. The first-order valence-corrected chi connectivity index (χ1v) is 6.39. The van der Waals surface area contributed by atoms with Crippen molar-refractivity contribution in [3.05, 3.63) is 47.3 Å². The number of thiocarbonyl (C=S) groups is 1. The normalized spacial score (nSPS) is 17.8. The highest BCUT2D eigenvalue weighted by Crippen LogP contribution is 2.37. The number of hydrogen-bond acceptors (Lipinski definition) is 3. The summed E-state index contributed by atoms with van der Waals surface area (Å²) in [6.45, 7) is 0. The number of rotatable bonds is 0. The molecule has 1 aromatic carbocycles. The summed E-state index contributed by atoms with van der Waals surface area (Å²) >= 11 is 6.64. The van der Waals surface area contributed by atoms with E-state index in [-0.39, 0.29) is 5.82 Å². The predicted molar refractivity (Wildman–Crippen MR) is 74.0 cm³/mol. The van der Waals surface area contributed by atoms with Crippen molar-refractivity contribution >= 4 is 40.8 Å². The quantitative estimate of drug-likeness (QED) is 0.517. The molecule has 0 N–H and O–H groups in total. The summed E-state index contributed by atoms with van der Waals surface area (Å²) in [6.07, 6.45) is 6.39. The van der Waals surface area contributed by atoms with Crippen LogP contribution in [0.3, 0.4) is 0 Å². The lowest BCUT2D eigenvalue weighted by molar-refractivity contribution is 0.620. The van der Waals surface area contributed by atoms with Gasteiger partial charge in [-0.05, 0) is 12.1 Å². The molecular weight excluding hydrogens is 253 g/mol. The predicted octanol–water partition coefficient (Wildman–Crippen LogP) is 4.00. The second kappa shape index (κ2) is 4.20. The zero-order valence-corrected chi connectivity index (χ0v) is 10.4. The molecule has 1 aliphatic carbocycles. The molecule has 0 bridgehead atoms. The van der Waals surface area contributed by atoms with Crippen LogP contribution in [0.5, 0.6) is 0 Å². The summed E-state index contributed by atoms with van der Waals surface area (Å²) in [6, 6.07) is 5.04. The molecule has 17 heavy (non-hydrogen) atoms. The van der Waals surface area contributed by atoms with Crippen molar-refractivity contribution in [3.8, 4) is 0 Å². The van der Waals surface area contributed by atoms with Gasteiger partial charge in [-0.3, -0.25) is 0 Å². The number of nitrogens with zero attached hydrogens (tertiary/aromatic N) is 1. The van der Waals surface area contributed by atoms with Crippen molar-refractivity contribution in [2.75, 3.05) is 0 Å². The Morgan fingerprint density at radius 1 is 1.35 bits per heavy atom. The van der Waals surface area contributed by atoms with E-state index in [1.807, 2.05) is 18.2 Å². The molecular formula is C13H8FNS2. The van der Waals surface area contributed by atoms with Crippen molar-refractivity contribution in [2.24, 2.45) is 4.40 Å². The van der Waals surface area contributed by atoms with Crippen LogP contribution in [-0.4, -0.2) is 11.1 Å². The number of benzene rings is 1. The monoisotopic (exact) mass is 261 g/mol. The molecule has 0 amide bonds. The van der Waals surface area contributed by atoms with Gasteiger partial charge in [0.05, 0.1) is 0 Å². The third-order valence-corrected chi connectivity index (χ3v) is 3.85. The van der Waals surface area contributed by atoms with Crippen LogP contribution in [0.4, 0.5) is 4.39 Å². The summed E-state index contributed by atoms with van der Waals surface area (Å²) in [5, 5.41) is 0. The van der Waals surface area contributed by atoms with Gasteiger partial charge in [-0.1, -0.05) is 30.4 Å². The van der Waals surface area contributed by atoms with Crippen molar-refractivity contribution < 1.29 is 4.39 Å². The molecule has 0 spiro atoms. The van der Waals surface area contributed by atoms with Gasteiger partial charge in [0.2, 0.25) is 0 Å². The Morgan fingerprint density at radius 2 is 2.24 bits per heavy atom. The van der Waals surface area contributed by atoms with E-state index in [4.69, 9.17) is 12.2 Å². The number of halogens is 1. The molecule has 0 fully saturated rings. The third-order valence-electron chi connectivity index (χ3n) is 2.74. The average molecular weight is 261 g/mol. The van der Waals surface area contributed by atoms with E-state index >= 15 is 0 Å². The van der Waals surface area contributed by atoms with Crippen LogP contribution < -0.4 is 0 Å². The van der Waals surface area contributed by atoms with Crippen LogP contribution in [0.15, 0.2) is 45.2 Å². The van der Waals surface area contributed by atoms with Gasteiger partial charge in [-0.25, -0.2) is 8.79 Å². The Hall–Kier alpha value is -1.26. The standard InChI is InChI=1S/C13H8FNS2/c14-9-4-2-6-11-13(9)12-8(7-15-17-11)3-1-5-10(12)16/h1-4,6-7H,5H2. The van der Waals surface area contributed by atoms with Gasteiger partial charge in [0.1, 0.15) is 5.82 Å². The number of hydrogen-bond donors (Lipinski definition) is 0. The molecule has 1 nitrogen and oxygen atoms in total. The Morgan fingerprint density at radius 3 is 3.12 bits per heavy atom. The van der Waals surface area contributed by atoms with Gasteiger partial charge < -0.3 is 0 Å². The molecule has 4 heteroatoms. The lowest BCUT2D eigenvalue weighted by Crippen LogP contribution is -2.07. The second-order valence-electron chi connectivity index (χ2n) is 3.80. The fourth-order valence-electron chi connectivity index (χ4n) is 1.99. The summed E-state index contributed by atoms with van der Waals surface area (Å²) < 4.78 is 18.2. The maximum absolute atomic E-state index is 14.0. The molecule has 84 valence electrons. The van der Waals surface area contributed by atoms with Gasteiger partial charge >= 0.3 is 0 Å². The molecule has 0 saturated heterocycles. The molecule has 1 heterocycles. The van der Waals surface area contributed by atoms with Crippen molar-refractivity contribution in [2.45, 2.75) is 11.3 Å². The fourth-order valence-corrected chi connectivity index (χ4v) is 3.02. The third kappa shape index (κ3) is 1.77. The van der Waals surface area contributed by atoms with Crippen LogP contribution in [0.25, 0.3) is 5.57 Å². The first-order chi connectivity index (χ1) is 8.27. The SMILES string of the molecule is Fc1cccc2c1C1=C(C=CCC1=S)C=NS2. The van der Waals surface area contributed by atoms with E-state index in [2.05, 4.69) is 4.40 Å². The Bertz CT molecular complexity index is 599. The van der Waals surface area contributed by atoms with Gasteiger partial charge in [0.25, 0.3) is 0 Å². The zero-order chi connectivity index (χ0) is 11.8. The molecule has 0 aromatic heterocycles. The van der Waals surface area contributed by atoms with Crippen LogP contribution in [0, 0.1) is 5.82 Å². The first-order valence-electron chi connectivity index (χ1n) is 5.20. The lowest BCUT2D eigenvalue weighted by Gasteiger charge is -2.15. The Labute approximate surface area is 108 Å². The van der Waals surface area contributed by atoms with E-state index in [0.717, 1.165) is 20.9 Å².